The van der Waals surface area contributed by atoms with Crippen molar-refractivity contribution in [1.29, 1.82) is 0 Å². The lowest BCUT2D eigenvalue weighted by molar-refractivity contribution is -0.119. The second-order valence-corrected chi connectivity index (χ2v) is 13.1. The van der Waals surface area contributed by atoms with Gasteiger partial charge >= 0.3 is 0 Å². The topological polar surface area (TPSA) is 89.5 Å². The van der Waals surface area contributed by atoms with Crippen LogP contribution in [0.25, 0.3) is 11.6 Å². The SMILES string of the molecule is C=C(C(=O)CC(C)CNC(=O)c1ccc(CC2CCCOCC2)c(Cl)c1)c1ccc2c(c1)C(=O)C(CC)CC(=O)CC(CC)=C2. The number of allylic oxidation sites excluding steroid dienone is 2. The van der Waals surface area contributed by atoms with E-state index in [4.69, 9.17) is 16.3 Å². The standard InChI is InChI=1S/C38H46ClNO5/c1-5-26-17-30-10-9-29(21-34(30)37(43)28(6-2)20-33(41)19-26)25(4)36(42)16-24(3)23-40-38(44)32-12-11-31(35(39)22-32)18-27-8-7-14-45-15-13-27/h9-12,17,21-22,24,27-28H,4-8,13-16,18-20,23H2,1-3H3,(H,40,44). The van der Waals surface area contributed by atoms with Gasteiger partial charge in [0.05, 0.1) is 0 Å². The molecule has 1 fully saturated rings. The molecular formula is C38H46ClNO5. The molecule has 6 nitrogen and oxygen atoms in total. The third kappa shape index (κ3) is 9.34. The van der Waals surface area contributed by atoms with Crippen molar-refractivity contribution in [2.45, 2.75) is 78.6 Å². The number of Topliss-reactive ketones (excluding diaryl/α,β-unsaturated/α-hetero) is 3. The Balaban J connectivity index is 1.36. The van der Waals surface area contributed by atoms with E-state index in [1.807, 2.05) is 51.1 Å². The van der Waals surface area contributed by atoms with Gasteiger partial charge < -0.3 is 10.1 Å². The minimum atomic E-state index is -0.383. The van der Waals surface area contributed by atoms with E-state index in [1.165, 1.54) is 0 Å². The number of carbonyl (C=O) groups excluding carboxylic acids is 4. The summed E-state index contributed by atoms with van der Waals surface area (Å²) in [5.41, 5.74) is 4.76. The molecule has 3 atom stereocenters. The molecule has 4 rings (SSSR count). The highest BCUT2D eigenvalue weighted by Crippen LogP contribution is 2.30. The molecule has 1 saturated heterocycles. The fraction of sp³-hybridized carbons (Fsp3) is 0.474. The summed E-state index contributed by atoms with van der Waals surface area (Å²) in [6.07, 6.45) is 8.09. The van der Waals surface area contributed by atoms with Gasteiger partial charge in [-0.25, -0.2) is 0 Å². The van der Waals surface area contributed by atoms with E-state index in [1.54, 1.807) is 12.1 Å². The second kappa shape index (κ2) is 16.3. The van der Waals surface area contributed by atoms with Crippen molar-refractivity contribution in [1.82, 2.24) is 5.32 Å². The highest BCUT2D eigenvalue weighted by molar-refractivity contribution is 6.31. The first-order valence-electron chi connectivity index (χ1n) is 16.4. The van der Waals surface area contributed by atoms with Crippen molar-refractivity contribution in [2.75, 3.05) is 19.8 Å². The molecule has 1 amide bonds. The van der Waals surface area contributed by atoms with Gasteiger partial charge in [-0.3, -0.25) is 19.2 Å². The zero-order chi connectivity index (χ0) is 32.5. The van der Waals surface area contributed by atoms with Crippen LogP contribution < -0.4 is 5.32 Å². The number of fused-ring (bicyclic) bond motifs is 1. The van der Waals surface area contributed by atoms with E-state index in [9.17, 15) is 19.2 Å². The number of amides is 1. The molecular weight excluding hydrogens is 586 g/mol. The van der Waals surface area contributed by atoms with E-state index < -0.39 is 0 Å². The maximum atomic E-state index is 13.5. The number of hydrogen-bond donors (Lipinski definition) is 1. The molecule has 45 heavy (non-hydrogen) atoms. The number of halogens is 1. The average molecular weight is 632 g/mol. The average Bonchev–Trinajstić information content (AvgIpc) is 3.28. The molecule has 1 aliphatic heterocycles. The molecule has 1 N–H and O–H groups in total. The van der Waals surface area contributed by atoms with Crippen LogP contribution >= 0.6 is 11.6 Å². The first-order chi connectivity index (χ1) is 21.6. The van der Waals surface area contributed by atoms with Gasteiger partial charge in [-0.05, 0) is 85.3 Å². The van der Waals surface area contributed by atoms with Crippen molar-refractivity contribution < 1.29 is 23.9 Å². The normalized spacial score (nSPS) is 19.7. The summed E-state index contributed by atoms with van der Waals surface area (Å²) >= 11 is 6.57. The Morgan fingerprint density at radius 3 is 2.58 bits per heavy atom. The van der Waals surface area contributed by atoms with Gasteiger partial charge in [0.15, 0.2) is 11.6 Å². The van der Waals surface area contributed by atoms with Crippen molar-refractivity contribution >= 4 is 46.5 Å². The Labute approximate surface area is 272 Å². The Kier molecular flexibility index (Phi) is 12.5. The molecule has 3 unspecified atom stereocenters. The predicted octanol–water partition coefficient (Wildman–Crippen LogP) is 8.10. The number of ether oxygens (including phenoxy) is 1. The van der Waals surface area contributed by atoms with E-state index in [2.05, 4.69) is 11.9 Å². The third-order valence-corrected chi connectivity index (χ3v) is 9.47. The second-order valence-electron chi connectivity index (χ2n) is 12.7. The molecule has 0 radical (unpaired) electrons. The van der Waals surface area contributed by atoms with Crippen LogP contribution in [0, 0.1) is 17.8 Å². The Bertz CT molecular complexity index is 1470. The van der Waals surface area contributed by atoms with E-state index >= 15 is 0 Å². The molecule has 0 saturated carbocycles. The highest BCUT2D eigenvalue weighted by Gasteiger charge is 2.26. The summed E-state index contributed by atoms with van der Waals surface area (Å²) in [5.74, 6) is -0.350. The molecule has 1 aliphatic carbocycles. The van der Waals surface area contributed by atoms with Gasteiger partial charge in [0.25, 0.3) is 5.91 Å². The van der Waals surface area contributed by atoms with Crippen LogP contribution in [0.3, 0.4) is 0 Å². The van der Waals surface area contributed by atoms with E-state index in [-0.39, 0.29) is 47.9 Å². The fourth-order valence-electron chi connectivity index (χ4n) is 6.21. The molecule has 2 aromatic carbocycles. The van der Waals surface area contributed by atoms with Crippen LogP contribution in [0.15, 0.2) is 48.6 Å². The molecule has 0 spiro atoms. The predicted molar refractivity (Wildman–Crippen MR) is 181 cm³/mol. The highest BCUT2D eigenvalue weighted by atomic mass is 35.5. The largest absolute Gasteiger partial charge is 0.381 e. The van der Waals surface area contributed by atoms with Crippen LogP contribution in [-0.4, -0.2) is 43.0 Å². The summed E-state index contributed by atoms with van der Waals surface area (Å²) in [7, 11) is 0. The molecule has 7 heteroatoms. The summed E-state index contributed by atoms with van der Waals surface area (Å²) in [6.45, 7) is 11.8. The smallest absolute Gasteiger partial charge is 0.251 e. The van der Waals surface area contributed by atoms with Gasteiger partial charge in [0.2, 0.25) is 0 Å². The van der Waals surface area contributed by atoms with Crippen LogP contribution in [0.2, 0.25) is 5.02 Å². The number of hydrogen-bond acceptors (Lipinski definition) is 5. The van der Waals surface area contributed by atoms with Gasteiger partial charge in [-0.1, -0.05) is 68.8 Å². The lowest BCUT2D eigenvalue weighted by Gasteiger charge is -2.17. The van der Waals surface area contributed by atoms with Gasteiger partial charge in [-0.15, -0.1) is 0 Å². The lowest BCUT2D eigenvalue weighted by Crippen LogP contribution is -2.29. The monoisotopic (exact) mass is 631 g/mol. The van der Waals surface area contributed by atoms with Crippen LogP contribution in [0.1, 0.15) is 110 Å². The number of ketones is 3. The third-order valence-electron chi connectivity index (χ3n) is 9.12. The Hall–Kier alpha value is -3.35. The maximum Gasteiger partial charge on any atom is 0.251 e. The van der Waals surface area contributed by atoms with Crippen LogP contribution in [0.5, 0.6) is 0 Å². The zero-order valence-corrected chi connectivity index (χ0v) is 27.6. The molecule has 2 aliphatic rings. The summed E-state index contributed by atoms with van der Waals surface area (Å²) in [5, 5.41) is 3.53. The summed E-state index contributed by atoms with van der Waals surface area (Å²) in [6, 6.07) is 10.9. The minimum absolute atomic E-state index is 0.0696. The first kappa shape index (κ1) is 34.5. The number of benzene rings is 2. The van der Waals surface area contributed by atoms with Gasteiger partial charge in [-0.2, -0.15) is 0 Å². The fourth-order valence-corrected chi connectivity index (χ4v) is 6.46. The molecule has 240 valence electrons. The lowest BCUT2D eigenvalue weighted by atomic mass is 9.87. The summed E-state index contributed by atoms with van der Waals surface area (Å²) in [4.78, 5) is 52.2. The molecule has 1 heterocycles. The van der Waals surface area contributed by atoms with E-state index in [0.29, 0.717) is 52.6 Å². The van der Waals surface area contributed by atoms with Crippen LogP contribution in [-0.2, 0) is 20.7 Å². The quantitative estimate of drug-likeness (QED) is 0.253. The van der Waals surface area contributed by atoms with Crippen molar-refractivity contribution in [3.8, 4) is 0 Å². The van der Waals surface area contributed by atoms with Crippen molar-refractivity contribution in [3.05, 3.63) is 81.4 Å². The number of rotatable bonds is 11. The Morgan fingerprint density at radius 1 is 1.07 bits per heavy atom. The Morgan fingerprint density at radius 2 is 1.84 bits per heavy atom. The van der Waals surface area contributed by atoms with Crippen LogP contribution in [0.4, 0.5) is 0 Å². The maximum absolute atomic E-state index is 13.5. The molecule has 2 aromatic rings. The summed E-state index contributed by atoms with van der Waals surface area (Å²) < 4.78 is 5.57. The number of carbonyl (C=O) groups is 4. The van der Waals surface area contributed by atoms with Crippen molar-refractivity contribution in [2.24, 2.45) is 17.8 Å². The molecule has 0 bridgehead atoms. The van der Waals surface area contributed by atoms with Gasteiger partial charge in [0.1, 0.15) is 5.78 Å². The number of nitrogens with one attached hydrogen (secondary N) is 1. The zero-order valence-electron chi connectivity index (χ0n) is 26.9. The van der Waals surface area contributed by atoms with E-state index in [0.717, 1.165) is 62.0 Å². The van der Waals surface area contributed by atoms with Crippen molar-refractivity contribution in [3.63, 3.8) is 0 Å². The molecule has 0 aromatic heterocycles. The first-order valence-corrected chi connectivity index (χ1v) is 16.7. The van der Waals surface area contributed by atoms with Gasteiger partial charge in [0, 0.05) is 66.7 Å². The minimum Gasteiger partial charge on any atom is -0.381 e.